The number of amides is 2. The van der Waals surface area contributed by atoms with Crippen molar-refractivity contribution >= 4 is 29.2 Å². The predicted molar refractivity (Wildman–Crippen MR) is 135 cm³/mol. The molecule has 1 atom stereocenters. The number of thiophene rings is 1. The summed E-state index contributed by atoms with van der Waals surface area (Å²) in [5.74, 6) is 1.19. The van der Waals surface area contributed by atoms with Crippen molar-refractivity contribution in [2.75, 3.05) is 27.9 Å². The summed E-state index contributed by atoms with van der Waals surface area (Å²) in [5, 5.41) is 7.48. The van der Waals surface area contributed by atoms with E-state index in [1.54, 1.807) is 43.5 Å². The number of nitrogens with one attached hydrogen (secondary N) is 2. The molecule has 2 N–H and O–H groups in total. The van der Waals surface area contributed by atoms with Crippen molar-refractivity contribution in [2.45, 2.75) is 13.0 Å². The molecule has 3 aromatic rings. The highest BCUT2D eigenvalue weighted by atomic mass is 32.1. The van der Waals surface area contributed by atoms with E-state index in [1.807, 2.05) is 36.6 Å². The van der Waals surface area contributed by atoms with Gasteiger partial charge in [0.15, 0.2) is 23.0 Å². The smallest absolute Gasteiger partial charge is 0.268 e. The van der Waals surface area contributed by atoms with Gasteiger partial charge in [-0.25, -0.2) is 0 Å². The Kier molecular flexibility index (Phi) is 9.14. The number of carbonyl (C=O) groups is 2. The Morgan fingerprint density at radius 3 is 2.26 bits per heavy atom. The van der Waals surface area contributed by atoms with Crippen LogP contribution in [0.2, 0.25) is 0 Å². The Morgan fingerprint density at radius 2 is 1.60 bits per heavy atom. The van der Waals surface area contributed by atoms with Crippen LogP contribution in [0.15, 0.2) is 65.7 Å². The predicted octanol–water partition coefficient (Wildman–Crippen LogP) is 4.13. The summed E-state index contributed by atoms with van der Waals surface area (Å²) in [4.78, 5) is 26.9. The zero-order chi connectivity index (χ0) is 25.2. The number of carbonyl (C=O) groups excluding carboxylic acids is 2. The van der Waals surface area contributed by atoms with Gasteiger partial charge in [-0.15, -0.1) is 11.3 Å². The summed E-state index contributed by atoms with van der Waals surface area (Å²) in [5.41, 5.74) is 0.427. The first-order valence-electron chi connectivity index (χ1n) is 10.8. The minimum absolute atomic E-state index is 0.108. The Balaban J connectivity index is 1.72. The minimum atomic E-state index is -0.457. The average molecular weight is 497 g/mol. The van der Waals surface area contributed by atoms with E-state index < -0.39 is 11.8 Å². The number of rotatable bonds is 11. The molecule has 0 aliphatic carbocycles. The molecule has 9 heteroatoms. The van der Waals surface area contributed by atoms with E-state index in [2.05, 4.69) is 10.6 Å². The number of benzene rings is 2. The summed E-state index contributed by atoms with van der Waals surface area (Å²) in [7, 11) is 4.57. The molecule has 0 saturated heterocycles. The highest BCUT2D eigenvalue weighted by Crippen LogP contribution is 2.28. The van der Waals surface area contributed by atoms with Gasteiger partial charge in [0.25, 0.3) is 11.8 Å². The van der Waals surface area contributed by atoms with Crippen molar-refractivity contribution in [1.29, 1.82) is 0 Å². The van der Waals surface area contributed by atoms with Crippen LogP contribution in [0, 0.1) is 0 Å². The van der Waals surface area contributed by atoms with Gasteiger partial charge in [-0.05, 0) is 54.8 Å². The van der Waals surface area contributed by atoms with Gasteiger partial charge in [0.2, 0.25) is 0 Å². The fourth-order valence-corrected chi connectivity index (χ4v) is 3.80. The van der Waals surface area contributed by atoms with Crippen molar-refractivity contribution in [3.63, 3.8) is 0 Å². The van der Waals surface area contributed by atoms with Gasteiger partial charge in [-0.1, -0.05) is 18.2 Å². The molecule has 2 aromatic carbocycles. The van der Waals surface area contributed by atoms with Gasteiger partial charge in [-0.3, -0.25) is 9.59 Å². The van der Waals surface area contributed by atoms with Crippen LogP contribution in [0.5, 0.6) is 23.0 Å². The normalized spacial score (nSPS) is 11.8. The van der Waals surface area contributed by atoms with Crippen LogP contribution in [0.1, 0.15) is 22.2 Å². The lowest BCUT2D eigenvalue weighted by Gasteiger charge is -2.18. The molecule has 0 saturated carbocycles. The van der Waals surface area contributed by atoms with Crippen molar-refractivity contribution in [3.8, 4) is 23.0 Å². The SMILES string of the molecule is COc1ccc(C(=O)N/C(=C\c2cccs2)C(=O)N[C@@H](C)COc2ccccc2OC)cc1OC. The van der Waals surface area contributed by atoms with E-state index in [1.165, 1.54) is 25.6 Å². The molecule has 0 unspecified atom stereocenters. The molecule has 0 aliphatic heterocycles. The molecule has 0 bridgehead atoms. The van der Waals surface area contributed by atoms with Crippen LogP contribution in [0.4, 0.5) is 0 Å². The van der Waals surface area contributed by atoms with Crippen molar-refractivity contribution < 1.29 is 28.5 Å². The summed E-state index contributed by atoms with van der Waals surface area (Å²) in [6, 6.07) is 15.4. The third-order valence-electron chi connectivity index (χ3n) is 4.90. The second-order valence-electron chi connectivity index (χ2n) is 7.43. The number of hydrogen-bond donors (Lipinski definition) is 2. The van der Waals surface area contributed by atoms with Gasteiger partial charge in [0.1, 0.15) is 12.3 Å². The van der Waals surface area contributed by atoms with Gasteiger partial charge in [-0.2, -0.15) is 0 Å². The van der Waals surface area contributed by atoms with Gasteiger partial charge >= 0.3 is 0 Å². The maximum atomic E-state index is 13.1. The number of ether oxygens (including phenoxy) is 4. The van der Waals surface area contributed by atoms with Crippen LogP contribution in [0.25, 0.3) is 6.08 Å². The third kappa shape index (κ3) is 7.00. The molecular weight excluding hydrogens is 468 g/mol. The lowest BCUT2D eigenvalue weighted by Crippen LogP contribution is -2.41. The second-order valence-corrected chi connectivity index (χ2v) is 8.41. The lowest BCUT2D eigenvalue weighted by atomic mass is 10.1. The van der Waals surface area contributed by atoms with E-state index >= 15 is 0 Å². The van der Waals surface area contributed by atoms with E-state index in [9.17, 15) is 9.59 Å². The fourth-order valence-electron chi connectivity index (χ4n) is 3.14. The fraction of sp³-hybridized carbons (Fsp3) is 0.231. The summed E-state index contributed by atoms with van der Waals surface area (Å²) >= 11 is 1.45. The molecule has 3 rings (SSSR count). The van der Waals surface area contributed by atoms with E-state index in [-0.39, 0.29) is 18.3 Å². The van der Waals surface area contributed by atoms with Gasteiger partial charge < -0.3 is 29.6 Å². The van der Waals surface area contributed by atoms with E-state index in [4.69, 9.17) is 18.9 Å². The van der Waals surface area contributed by atoms with Crippen LogP contribution in [0.3, 0.4) is 0 Å². The molecule has 0 spiro atoms. The first kappa shape index (κ1) is 25.6. The number of methoxy groups -OCH3 is 3. The topological polar surface area (TPSA) is 95.1 Å². The molecular formula is C26H28N2O6S. The van der Waals surface area contributed by atoms with Crippen molar-refractivity contribution in [1.82, 2.24) is 10.6 Å². The van der Waals surface area contributed by atoms with E-state index in [0.717, 1.165) is 4.88 Å². The maximum absolute atomic E-state index is 13.1. The second kappa shape index (κ2) is 12.5. The monoisotopic (exact) mass is 496 g/mol. The number of hydrogen-bond acceptors (Lipinski definition) is 7. The Labute approximate surface area is 208 Å². The standard InChI is InChI=1S/C26H28N2O6S/c1-17(16-34-23-10-6-5-9-21(23)31-2)27-26(30)20(15-19-8-7-13-35-19)28-25(29)18-11-12-22(32-3)24(14-18)33-4/h5-15,17H,16H2,1-4H3,(H,27,30)(H,28,29)/b20-15-/t17-/m0/s1. The quantitative estimate of drug-likeness (QED) is 0.388. The van der Waals surface area contributed by atoms with Crippen molar-refractivity contribution in [2.24, 2.45) is 0 Å². The number of para-hydroxylation sites is 2. The summed E-state index contributed by atoms with van der Waals surface area (Å²) in [6.07, 6.45) is 1.63. The Morgan fingerprint density at radius 1 is 0.914 bits per heavy atom. The molecule has 1 aromatic heterocycles. The molecule has 1 heterocycles. The van der Waals surface area contributed by atoms with Gasteiger partial charge in [0.05, 0.1) is 27.4 Å². The van der Waals surface area contributed by atoms with Crippen molar-refractivity contribution in [3.05, 3.63) is 76.1 Å². The zero-order valence-electron chi connectivity index (χ0n) is 20.0. The van der Waals surface area contributed by atoms with E-state index in [0.29, 0.717) is 28.6 Å². The Bertz CT molecular complexity index is 1180. The molecule has 0 radical (unpaired) electrons. The summed E-state index contributed by atoms with van der Waals surface area (Å²) < 4.78 is 21.6. The van der Waals surface area contributed by atoms with Gasteiger partial charge in [0, 0.05) is 10.4 Å². The molecule has 8 nitrogen and oxygen atoms in total. The molecule has 2 amide bonds. The highest BCUT2D eigenvalue weighted by molar-refractivity contribution is 7.10. The minimum Gasteiger partial charge on any atom is -0.493 e. The highest BCUT2D eigenvalue weighted by Gasteiger charge is 2.19. The lowest BCUT2D eigenvalue weighted by molar-refractivity contribution is -0.118. The van der Waals surface area contributed by atoms with Crippen LogP contribution in [-0.2, 0) is 4.79 Å². The van der Waals surface area contributed by atoms with Crippen LogP contribution >= 0.6 is 11.3 Å². The average Bonchev–Trinajstić information content (AvgIpc) is 3.39. The molecule has 0 fully saturated rings. The third-order valence-corrected chi connectivity index (χ3v) is 5.72. The molecule has 0 aliphatic rings. The first-order valence-corrected chi connectivity index (χ1v) is 11.7. The largest absolute Gasteiger partial charge is 0.493 e. The summed E-state index contributed by atoms with van der Waals surface area (Å²) in [6.45, 7) is 2.02. The molecule has 35 heavy (non-hydrogen) atoms. The van der Waals surface area contributed by atoms with Crippen LogP contribution < -0.4 is 29.6 Å². The maximum Gasteiger partial charge on any atom is 0.268 e. The zero-order valence-corrected chi connectivity index (χ0v) is 20.8. The molecule has 184 valence electrons. The first-order chi connectivity index (χ1) is 16.9. The van der Waals surface area contributed by atoms with Crippen LogP contribution in [-0.4, -0.2) is 45.8 Å². The Hall–Kier alpha value is -3.98.